The fraction of sp³-hybridized carbons (Fsp3) is 0.0556. The van der Waals surface area contributed by atoms with Crippen LogP contribution < -0.4 is 4.74 Å². The van der Waals surface area contributed by atoms with Crippen molar-refractivity contribution in [1.82, 2.24) is 0 Å². The number of halogens is 1. The number of rotatable bonds is 4. The van der Waals surface area contributed by atoms with Crippen molar-refractivity contribution in [3.8, 4) is 5.75 Å². The van der Waals surface area contributed by atoms with Gasteiger partial charge >= 0.3 is 0 Å². The molecule has 0 radical (unpaired) electrons. The lowest BCUT2D eigenvalue weighted by Gasteiger charge is -2.07. The molecule has 3 rings (SSSR count). The Hall–Kier alpha value is -2.68. The van der Waals surface area contributed by atoms with Gasteiger partial charge in [0.15, 0.2) is 12.4 Å². The van der Waals surface area contributed by atoms with Crippen LogP contribution >= 0.6 is 0 Å². The lowest BCUT2D eigenvalue weighted by Crippen LogP contribution is -2.11. The van der Waals surface area contributed by atoms with Crippen molar-refractivity contribution >= 4 is 16.6 Å². The number of ketones is 1. The molecule has 3 aromatic rings. The second kappa shape index (κ2) is 5.75. The molecule has 0 aliphatic rings. The second-order valence-electron chi connectivity index (χ2n) is 4.73. The van der Waals surface area contributed by atoms with Gasteiger partial charge in [-0.1, -0.05) is 42.5 Å². The van der Waals surface area contributed by atoms with Crippen LogP contribution in [0.5, 0.6) is 5.75 Å². The molecule has 3 heteroatoms. The van der Waals surface area contributed by atoms with Gasteiger partial charge in [0.25, 0.3) is 0 Å². The van der Waals surface area contributed by atoms with Gasteiger partial charge in [0, 0.05) is 5.56 Å². The minimum Gasteiger partial charge on any atom is -0.485 e. The molecular formula is C18H13FO2. The van der Waals surface area contributed by atoms with Gasteiger partial charge in [0.2, 0.25) is 0 Å². The summed E-state index contributed by atoms with van der Waals surface area (Å²) in [4.78, 5) is 11.9. The number of Topliss-reactive ketones (excluding diaryl/α,β-unsaturated/α-hetero) is 1. The average Bonchev–Trinajstić information content (AvgIpc) is 2.52. The second-order valence-corrected chi connectivity index (χ2v) is 4.73. The molecule has 0 aliphatic heterocycles. The highest BCUT2D eigenvalue weighted by molar-refractivity contribution is 5.97. The van der Waals surface area contributed by atoms with Gasteiger partial charge in [0.05, 0.1) is 0 Å². The van der Waals surface area contributed by atoms with E-state index in [4.69, 9.17) is 4.74 Å². The Kier molecular flexibility index (Phi) is 3.65. The Morgan fingerprint density at radius 3 is 2.52 bits per heavy atom. The lowest BCUT2D eigenvalue weighted by atomic mass is 10.1. The third-order valence-electron chi connectivity index (χ3n) is 3.24. The van der Waals surface area contributed by atoms with E-state index >= 15 is 0 Å². The Balaban J connectivity index is 1.72. The fourth-order valence-electron chi connectivity index (χ4n) is 2.15. The van der Waals surface area contributed by atoms with E-state index in [2.05, 4.69) is 0 Å². The number of hydrogen-bond acceptors (Lipinski definition) is 2. The summed E-state index contributed by atoms with van der Waals surface area (Å²) >= 11 is 0. The predicted molar refractivity (Wildman–Crippen MR) is 80.2 cm³/mol. The smallest absolute Gasteiger partial charge is 0.200 e. The summed E-state index contributed by atoms with van der Waals surface area (Å²) in [5, 5.41) is 2.16. The molecule has 0 fully saturated rings. The summed E-state index contributed by atoms with van der Waals surface area (Å²) in [5.74, 6) is -0.0485. The molecule has 0 unspecified atom stereocenters. The van der Waals surface area contributed by atoms with Crippen molar-refractivity contribution < 1.29 is 13.9 Å². The fourth-order valence-corrected chi connectivity index (χ4v) is 2.15. The highest BCUT2D eigenvalue weighted by atomic mass is 19.1. The van der Waals surface area contributed by atoms with E-state index < -0.39 is 5.82 Å². The third-order valence-corrected chi connectivity index (χ3v) is 3.24. The zero-order valence-electron chi connectivity index (χ0n) is 11.3. The summed E-state index contributed by atoms with van der Waals surface area (Å²) < 4.78 is 18.6. The van der Waals surface area contributed by atoms with Crippen LogP contribution in [0.2, 0.25) is 0 Å². The number of carbonyl (C=O) groups excluding carboxylic acids is 1. The SMILES string of the molecule is O=C(COc1ccc2ccccc2c1)c1cccc(F)c1. The van der Waals surface area contributed by atoms with Gasteiger partial charge in [-0.05, 0) is 35.0 Å². The molecule has 0 bridgehead atoms. The number of benzene rings is 3. The van der Waals surface area contributed by atoms with Gasteiger partial charge in [-0.15, -0.1) is 0 Å². The van der Waals surface area contributed by atoms with Crippen LogP contribution in [-0.4, -0.2) is 12.4 Å². The van der Waals surface area contributed by atoms with E-state index in [9.17, 15) is 9.18 Å². The Morgan fingerprint density at radius 2 is 1.71 bits per heavy atom. The first-order valence-corrected chi connectivity index (χ1v) is 6.63. The summed E-state index contributed by atoms with van der Waals surface area (Å²) in [6.07, 6.45) is 0. The first kappa shape index (κ1) is 13.3. The molecule has 0 amide bonds. The van der Waals surface area contributed by atoms with Crippen molar-refractivity contribution in [3.05, 3.63) is 78.1 Å². The summed E-state index contributed by atoms with van der Waals surface area (Å²) in [6, 6.07) is 19.2. The van der Waals surface area contributed by atoms with Crippen LogP contribution in [0.1, 0.15) is 10.4 Å². The van der Waals surface area contributed by atoms with E-state index in [1.165, 1.54) is 18.2 Å². The van der Waals surface area contributed by atoms with E-state index in [1.54, 1.807) is 6.07 Å². The van der Waals surface area contributed by atoms with E-state index in [-0.39, 0.29) is 12.4 Å². The quantitative estimate of drug-likeness (QED) is 0.668. The Morgan fingerprint density at radius 1 is 0.905 bits per heavy atom. The Labute approximate surface area is 121 Å². The largest absolute Gasteiger partial charge is 0.485 e. The summed E-state index contributed by atoms with van der Waals surface area (Å²) in [5.41, 5.74) is 0.316. The first-order valence-electron chi connectivity index (χ1n) is 6.63. The standard InChI is InChI=1S/C18H13FO2/c19-16-7-3-6-15(10-16)18(20)12-21-17-9-8-13-4-1-2-5-14(13)11-17/h1-11H,12H2. The molecule has 0 aromatic heterocycles. The molecule has 0 heterocycles. The number of fused-ring (bicyclic) bond motifs is 1. The molecule has 21 heavy (non-hydrogen) atoms. The summed E-state index contributed by atoms with van der Waals surface area (Å²) in [7, 11) is 0. The van der Waals surface area contributed by atoms with Crippen LogP contribution in [0.25, 0.3) is 10.8 Å². The van der Waals surface area contributed by atoms with E-state index in [0.717, 1.165) is 10.8 Å². The van der Waals surface area contributed by atoms with E-state index in [0.29, 0.717) is 11.3 Å². The van der Waals surface area contributed by atoms with E-state index in [1.807, 2.05) is 42.5 Å². The monoisotopic (exact) mass is 280 g/mol. The third kappa shape index (κ3) is 3.08. The molecule has 0 saturated carbocycles. The van der Waals surface area contributed by atoms with Crippen LogP contribution in [0, 0.1) is 5.82 Å². The van der Waals surface area contributed by atoms with Gasteiger partial charge < -0.3 is 4.74 Å². The molecule has 2 nitrogen and oxygen atoms in total. The molecular weight excluding hydrogens is 267 g/mol. The zero-order valence-corrected chi connectivity index (χ0v) is 11.3. The normalized spacial score (nSPS) is 10.5. The van der Waals surface area contributed by atoms with Crippen LogP contribution in [0.3, 0.4) is 0 Å². The summed E-state index contributed by atoms with van der Waals surface area (Å²) in [6.45, 7) is -0.109. The highest BCUT2D eigenvalue weighted by Gasteiger charge is 2.08. The van der Waals surface area contributed by atoms with Crippen molar-refractivity contribution in [3.63, 3.8) is 0 Å². The molecule has 0 aliphatic carbocycles. The van der Waals surface area contributed by atoms with Crippen molar-refractivity contribution in [2.75, 3.05) is 6.61 Å². The van der Waals surface area contributed by atoms with Gasteiger partial charge in [-0.25, -0.2) is 4.39 Å². The first-order chi connectivity index (χ1) is 10.2. The predicted octanol–water partition coefficient (Wildman–Crippen LogP) is 4.24. The van der Waals surface area contributed by atoms with Crippen LogP contribution in [0.15, 0.2) is 66.7 Å². The van der Waals surface area contributed by atoms with Crippen LogP contribution in [0.4, 0.5) is 4.39 Å². The van der Waals surface area contributed by atoms with Gasteiger partial charge in [-0.3, -0.25) is 4.79 Å². The topological polar surface area (TPSA) is 26.3 Å². The maximum absolute atomic E-state index is 13.1. The average molecular weight is 280 g/mol. The number of hydrogen-bond donors (Lipinski definition) is 0. The molecule has 104 valence electrons. The molecule has 0 N–H and O–H groups in total. The van der Waals surface area contributed by atoms with Crippen molar-refractivity contribution in [2.45, 2.75) is 0 Å². The van der Waals surface area contributed by atoms with Crippen molar-refractivity contribution in [2.24, 2.45) is 0 Å². The molecule has 3 aromatic carbocycles. The zero-order chi connectivity index (χ0) is 14.7. The minimum absolute atomic E-state index is 0.109. The molecule has 0 spiro atoms. The maximum Gasteiger partial charge on any atom is 0.200 e. The maximum atomic E-state index is 13.1. The van der Waals surface area contributed by atoms with Gasteiger partial charge in [0.1, 0.15) is 11.6 Å². The highest BCUT2D eigenvalue weighted by Crippen LogP contribution is 2.20. The minimum atomic E-state index is -0.424. The van der Waals surface area contributed by atoms with Crippen LogP contribution in [-0.2, 0) is 0 Å². The van der Waals surface area contributed by atoms with Gasteiger partial charge in [-0.2, -0.15) is 0 Å². The lowest BCUT2D eigenvalue weighted by molar-refractivity contribution is 0.0921. The molecule has 0 atom stereocenters. The number of ether oxygens (including phenoxy) is 1. The Bertz CT molecular complexity index is 796. The van der Waals surface area contributed by atoms with Crippen molar-refractivity contribution in [1.29, 1.82) is 0 Å². The number of carbonyl (C=O) groups is 1. The molecule has 0 saturated heterocycles.